The average Bonchev–Trinajstić information content (AvgIpc) is 2.38. The summed E-state index contributed by atoms with van der Waals surface area (Å²) in [6.07, 6.45) is 4.85. The van der Waals surface area contributed by atoms with Crippen LogP contribution in [-0.4, -0.2) is 19.0 Å². The summed E-state index contributed by atoms with van der Waals surface area (Å²) in [6, 6.07) is 0. The molecular formula is C8H16N2O. The Balaban J connectivity index is 2.17. The van der Waals surface area contributed by atoms with E-state index in [-0.39, 0.29) is 5.60 Å². The van der Waals surface area contributed by atoms with Crippen LogP contribution in [0.3, 0.4) is 0 Å². The summed E-state index contributed by atoms with van der Waals surface area (Å²) in [5, 5.41) is 0. The highest BCUT2D eigenvalue weighted by Crippen LogP contribution is 2.31. The Morgan fingerprint density at radius 1 is 1.55 bits per heavy atom. The minimum Gasteiger partial charge on any atom is -0.294 e. The minimum atomic E-state index is 0.0463. The van der Waals surface area contributed by atoms with E-state index >= 15 is 0 Å². The molecule has 1 fully saturated rings. The minimum absolute atomic E-state index is 0.0463. The fourth-order valence-electron chi connectivity index (χ4n) is 1.48. The fraction of sp³-hybridized carbons (Fsp3) is 0.875. The highest BCUT2D eigenvalue weighted by atomic mass is 16.7. The Morgan fingerprint density at radius 2 is 2.18 bits per heavy atom. The van der Waals surface area contributed by atoms with Crippen LogP contribution in [0.2, 0.25) is 0 Å². The van der Waals surface area contributed by atoms with Gasteiger partial charge in [-0.05, 0) is 26.5 Å². The van der Waals surface area contributed by atoms with Gasteiger partial charge in [0.05, 0.1) is 5.60 Å². The molecule has 0 aliphatic heterocycles. The average molecular weight is 156 g/mol. The summed E-state index contributed by atoms with van der Waals surface area (Å²) in [5.41, 5.74) is 2.83. The first-order valence-electron chi connectivity index (χ1n) is 4.10. The van der Waals surface area contributed by atoms with Gasteiger partial charge in [-0.2, -0.15) is 5.48 Å². The van der Waals surface area contributed by atoms with Gasteiger partial charge in [0.15, 0.2) is 0 Å². The SMILES string of the molecule is C=NCNOC1(C)CCCC1. The summed E-state index contributed by atoms with van der Waals surface area (Å²) in [4.78, 5) is 9.09. The van der Waals surface area contributed by atoms with Gasteiger partial charge in [0.25, 0.3) is 0 Å². The van der Waals surface area contributed by atoms with Crippen molar-refractivity contribution in [3.8, 4) is 0 Å². The molecule has 0 spiro atoms. The van der Waals surface area contributed by atoms with Crippen LogP contribution >= 0.6 is 0 Å². The van der Waals surface area contributed by atoms with Gasteiger partial charge in [-0.25, -0.2) is 0 Å². The molecule has 0 bridgehead atoms. The van der Waals surface area contributed by atoms with Gasteiger partial charge in [-0.15, -0.1) is 0 Å². The normalized spacial score (nSPS) is 21.9. The first-order valence-corrected chi connectivity index (χ1v) is 4.10. The lowest BCUT2D eigenvalue weighted by Gasteiger charge is -2.22. The van der Waals surface area contributed by atoms with E-state index in [0.717, 1.165) is 12.8 Å². The van der Waals surface area contributed by atoms with Gasteiger partial charge in [0.1, 0.15) is 6.67 Å². The fourth-order valence-corrected chi connectivity index (χ4v) is 1.48. The molecule has 0 aromatic heterocycles. The Hall–Kier alpha value is -0.410. The van der Waals surface area contributed by atoms with Crippen LogP contribution < -0.4 is 5.48 Å². The van der Waals surface area contributed by atoms with E-state index in [1.165, 1.54) is 12.8 Å². The van der Waals surface area contributed by atoms with Crippen LogP contribution in [-0.2, 0) is 4.84 Å². The number of hydrogen-bond donors (Lipinski definition) is 1. The molecule has 3 nitrogen and oxygen atoms in total. The molecule has 0 unspecified atom stereocenters. The molecule has 11 heavy (non-hydrogen) atoms. The maximum atomic E-state index is 5.45. The Labute approximate surface area is 67.8 Å². The number of nitrogens with one attached hydrogen (secondary N) is 1. The van der Waals surface area contributed by atoms with E-state index < -0.39 is 0 Å². The van der Waals surface area contributed by atoms with Crippen molar-refractivity contribution in [1.29, 1.82) is 0 Å². The molecule has 1 rings (SSSR count). The van der Waals surface area contributed by atoms with E-state index in [1.54, 1.807) is 0 Å². The van der Waals surface area contributed by atoms with Gasteiger partial charge in [0.2, 0.25) is 0 Å². The van der Waals surface area contributed by atoms with Gasteiger partial charge in [-0.1, -0.05) is 12.8 Å². The monoisotopic (exact) mass is 156 g/mol. The molecule has 0 aromatic carbocycles. The zero-order chi connectivity index (χ0) is 8.16. The van der Waals surface area contributed by atoms with Crippen molar-refractivity contribution in [3.05, 3.63) is 0 Å². The summed E-state index contributed by atoms with van der Waals surface area (Å²) in [5.74, 6) is 0. The van der Waals surface area contributed by atoms with Gasteiger partial charge in [-0.3, -0.25) is 9.83 Å². The third-order valence-electron chi connectivity index (χ3n) is 2.16. The third-order valence-corrected chi connectivity index (χ3v) is 2.16. The standard InChI is InChI=1S/C8H16N2O/c1-8(5-3-4-6-8)11-10-7-9-2/h10H,2-7H2,1H3. The zero-order valence-corrected chi connectivity index (χ0v) is 7.10. The van der Waals surface area contributed by atoms with Crippen molar-refractivity contribution in [2.75, 3.05) is 6.67 Å². The van der Waals surface area contributed by atoms with Crippen LogP contribution in [0.4, 0.5) is 0 Å². The summed E-state index contributed by atoms with van der Waals surface area (Å²) < 4.78 is 0. The molecule has 0 radical (unpaired) electrons. The summed E-state index contributed by atoms with van der Waals surface area (Å²) >= 11 is 0. The molecule has 0 amide bonds. The topological polar surface area (TPSA) is 33.6 Å². The van der Waals surface area contributed by atoms with Crippen molar-refractivity contribution in [2.24, 2.45) is 4.99 Å². The van der Waals surface area contributed by atoms with E-state index in [2.05, 4.69) is 24.1 Å². The number of hydroxylamine groups is 1. The maximum absolute atomic E-state index is 5.45. The molecule has 0 atom stereocenters. The van der Waals surface area contributed by atoms with E-state index in [1.807, 2.05) is 0 Å². The summed E-state index contributed by atoms with van der Waals surface area (Å²) in [6.45, 7) is 5.97. The lowest BCUT2D eigenvalue weighted by molar-refractivity contribution is -0.0897. The number of nitrogens with zero attached hydrogens (tertiary/aromatic N) is 1. The van der Waals surface area contributed by atoms with Crippen LogP contribution in [0.1, 0.15) is 32.6 Å². The molecule has 64 valence electrons. The van der Waals surface area contributed by atoms with Crippen molar-refractivity contribution in [3.63, 3.8) is 0 Å². The largest absolute Gasteiger partial charge is 0.294 e. The molecule has 1 aliphatic rings. The highest BCUT2D eigenvalue weighted by molar-refractivity contribution is 5.22. The van der Waals surface area contributed by atoms with Gasteiger partial charge in [0, 0.05) is 0 Å². The van der Waals surface area contributed by atoms with E-state index in [0.29, 0.717) is 6.67 Å². The Bertz CT molecular complexity index is 130. The second kappa shape index (κ2) is 3.83. The van der Waals surface area contributed by atoms with Crippen LogP contribution in [0.5, 0.6) is 0 Å². The van der Waals surface area contributed by atoms with Crippen LogP contribution in [0.15, 0.2) is 4.99 Å². The summed E-state index contributed by atoms with van der Waals surface area (Å²) in [7, 11) is 0. The molecule has 0 saturated heterocycles. The van der Waals surface area contributed by atoms with E-state index in [9.17, 15) is 0 Å². The molecule has 0 heterocycles. The predicted molar refractivity (Wildman–Crippen MR) is 45.5 cm³/mol. The molecule has 3 heteroatoms. The Morgan fingerprint density at radius 3 is 2.73 bits per heavy atom. The van der Waals surface area contributed by atoms with Gasteiger partial charge >= 0.3 is 0 Å². The van der Waals surface area contributed by atoms with Gasteiger partial charge < -0.3 is 0 Å². The Kier molecular flexibility index (Phi) is 3.02. The zero-order valence-electron chi connectivity index (χ0n) is 7.10. The van der Waals surface area contributed by atoms with E-state index in [4.69, 9.17) is 4.84 Å². The molecule has 1 saturated carbocycles. The predicted octanol–water partition coefficient (Wildman–Crippen LogP) is 1.50. The van der Waals surface area contributed by atoms with Crippen molar-refractivity contribution in [1.82, 2.24) is 5.48 Å². The molecule has 0 aromatic rings. The third kappa shape index (κ3) is 2.60. The second-order valence-corrected chi connectivity index (χ2v) is 3.29. The van der Waals surface area contributed by atoms with Crippen molar-refractivity contribution >= 4 is 6.72 Å². The quantitative estimate of drug-likeness (QED) is 0.380. The van der Waals surface area contributed by atoms with Crippen molar-refractivity contribution < 1.29 is 4.84 Å². The smallest absolute Gasteiger partial charge is 0.111 e. The molecular weight excluding hydrogens is 140 g/mol. The molecule has 1 aliphatic carbocycles. The van der Waals surface area contributed by atoms with Crippen molar-refractivity contribution in [2.45, 2.75) is 38.2 Å². The first kappa shape index (κ1) is 8.68. The maximum Gasteiger partial charge on any atom is 0.111 e. The number of hydrogen-bond acceptors (Lipinski definition) is 3. The number of rotatable bonds is 4. The second-order valence-electron chi connectivity index (χ2n) is 3.29. The highest BCUT2D eigenvalue weighted by Gasteiger charge is 2.29. The molecule has 1 N–H and O–H groups in total. The number of aliphatic imine (C=N–C) groups is 1. The first-order chi connectivity index (χ1) is 5.27. The van der Waals surface area contributed by atoms with Crippen LogP contribution in [0, 0.1) is 0 Å². The van der Waals surface area contributed by atoms with Crippen LogP contribution in [0.25, 0.3) is 0 Å². The lowest BCUT2D eigenvalue weighted by atomic mass is 10.1. The lowest BCUT2D eigenvalue weighted by Crippen LogP contribution is -2.32.